The fraction of sp³-hybridized carbons (Fsp3) is 0.0952. The number of H-pyrrole nitrogens is 1. The average Bonchev–Trinajstić information content (AvgIpc) is 3.27. The maximum absolute atomic E-state index is 11.8. The minimum atomic E-state index is -1.04. The van der Waals surface area contributed by atoms with Gasteiger partial charge in [0.1, 0.15) is 10.7 Å². The Morgan fingerprint density at radius 1 is 1.27 bits per heavy atom. The number of carboxylic acids is 1. The van der Waals surface area contributed by atoms with Crippen molar-refractivity contribution in [2.75, 3.05) is 0 Å². The maximum atomic E-state index is 11.8. The van der Waals surface area contributed by atoms with Gasteiger partial charge in [0.15, 0.2) is 0 Å². The van der Waals surface area contributed by atoms with Crippen molar-refractivity contribution in [1.29, 1.82) is 0 Å². The number of hydrogen-bond donors (Lipinski definition) is 2. The summed E-state index contributed by atoms with van der Waals surface area (Å²) in [5.41, 5.74) is 2.67. The van der Waals surface area contributed by atoms with Crippen LogP contribution in [0.1, 0.15) is 17.0 Å². The zero-order valence-corrected chi connectivity index (χ0v) is 18.1. The number of fused-ring (bicyclic) bond motifs is 1. The second-order valence-corrected chi connectivity index (χ2v) is 8.44. The standard InChI is InChI=1S/C21H16Cl2N4O2S/c1-12-24-21(26-25-12)30-19(20(28)29)8-14-11-27(18-5-3-2-4-16(14)18)10-13-6-7-15(22)9-17(13)23/h2-9,11H,10H2,1H3,(H,28,29)(H,24,25,26)/b19-8-. The summed E-state index contributed by atoms with van der Waals surface area (Å²) in [5, 5.41) is 18.9. The van der Waals surface area contributed by atoms with E-state index in [1.807, 2.05) is 41.1 Å². The number of hydrogen-bond acceptors (Lipinski definition) is 4. The van der Waals surface area contributed by atoms with Crippen molar-refractivity contribution in [1.82, 2.24) is 19.7 Å². The summed E-state index contributed by atoms with van der Waals surface area (Å²) in [6.45, 7) is 2.29. The summed E-state index contributed by atoms with van der Waals surface area (Å²) in [7, 11) is 0. The number of aromatic nitrogens is 4. The number of nitrogens with one attached hydrogen (secondary N) is 1. The predicted molar refractivity (Wildman–Crippen MR) is 120 cm³/mol. The number of rotatable bonds is 6. The van der Waals surface area contributed by atoms with Gasteiger partial charge in [-0.05, 0) is 48.5 Å². The lowest BCUT2D eigenvalue weighted by Crippen LogP contribution is -1.99. The van der Waals surface area contributed by atoms with Crippen LogP contribution in [-0.4, -0.2) is 30.8 Å². The smallest absolute Gasteiger partial charge is 0.342 e. The van der Waals surface area contributed by atoms with E-state index in [-0.39, 0.29) is 4.91 Å². The fourth-order valence-corrected chi connectivity index (χ4v) is 4.31. The highest BCUT2D eigenvalue weighted by molar-refractivity contribution is 8.04. The van der Waals surface area contributed by atoms with E-state index in [0.717, 1.165) is 33.8 Å². The lowest BCUT2D eigenvalue weighted by molar-refractivity contribution is -0.131. The largest absolute Gasteiger partial charge is 0.477 e. The highest BCUT2D eigenvalue weighted by Crippen LogP contribution is 2.31. The van der Waals surface area contributed by atoms with Crippen molar-refractivity contribution in [3.8, 4) is 0 Å². The number of thioether (sulfide) groups is 1. The SMILES string of the molecule is Cc1nc(S/C(=C\c2cn(Cc3ccc(Cl)cc3Cl)c3ccccc23)C(=O)O)n[nH]1. The third kappa shape index (κ3) is 4.38. The van der Waals surface area contributed by atoms with Crippen LogP contribution in [0.25, 0.3) is 17.0 Å². The lowest BCUT2D eigenvalue weighted by atomic mass is 10.1. The normalized spacial score (nSPS) is 11.9. The predicted octanol–water partition coefficient (Wildman–Crippen LogP) is 5.64. The fourth-order valence-electron chi connectivity index (χ4n) is 3.10. The van der Waals surface area contributed by atoms with Gasteiger partial charge in [0.2, 0.25) is 5.16 Å². The van der Waals surface area contributed by atoms with E-state index in [2.05, 4.69) is 15.2 Å². The van der Waals surface area contributed by atoms with Crippen molar-refractivity contribution < 1.29 is 9.90 Å². The Labute approximate surface area is 186 Å². The van der Waals surface area contributed by atoms with Gasteiger partial charge in [-0.2, -0.15) is 0 Å². The van der Waals surface area contributed by atoms with Crippen LogP contribution in [0.3, 0.4) is 0 Å². The maximum Gasteiger partial charge on any atom is 0.342 e. The molecule has 0 unspecified atom stereocenters. The number of aliphatic carboxylic acids is 1. The molecule has 2 heterocycles. The molecule has 0 spiro atoms. The van der Waals surface area contributed by atoms with Gasteiger partial charge in [0.25, 0.3) is 0 Å². The zero-order chi connectivity index (χ0) is 21.3. The van der Waals surface area contributed by atoms with Crippen LogP contribution in [-0.2, 0) is 11.3 Å². The van der Waals surface area contributed by atoms with Crippen LogP contribution < -0.4 is 0 Å². The van der Waals surface area contributed by atoms with Crippen molar-refractivity contribution in [2.45, 2.75) is 18.6 Å². The number of aromatic amines is 1. The zero-order valence-electron chi connectivity index (χ0n) is 15.8. The Bertz CT molecular complexity index is 1280. The summed E-state index contributed by atoms with van der Waals surface area (Å²) in [5.74, 6) is -0.418. The molecule has 0 fully saturated rings. The molecule has 2 N–H and O–H groups in total. The molecule has 6 nitrogen and oxygen atoms in total. The molecule has 152 valence electrons. The number of nitrogens with zero attached hydrogens (tertiary/aromatic N) is 3. The van der Waals surface area contributed by atoms with Gasteiger partial charge in [-0.25, -0.2) is 9.78 Å². The molecule has 0 radical (unpaired) electrons. The first-order valence-corrected chi connectivity index (χ1v) is 10.5. The Hall–Kier alpha value is -2.74. The van der Waals surface area contributed by atoms with E-state index in [1.54, 1.807) is 25.1 Å². The first kappa shape index (κ1) is 20.5. The Morgan fingerprint density at radius 3 is 2.77 bits per heavy atom. The topological polar surface area (TPSA) is 83.8 Å². The number of carboxylic acid groups (broad SMARTS) is 1. The van der Waals surface area contributed by atoms with Crippen LogP contribution in [0, 0.1) is 6.92 Å². The number of halogens is 2. The molecule has 0 saturated heterocycles. The third-order valence-corrected chi connectivity index (χ3v) is 5.92. The Kier molecular flexibility index (Phi) is 5.85. The molecule has 0 saturated carbocycles. The summed E-state index contributed by atoms with van der Waals surface area (Å²) in [6, 6.07) is 13.2. The van der Waals surface area contributed by atoms with Crippen molar-refractivity contribution in [3.05, 3.63) is 80.6 Å². The molecule has 2 aromatic carbocycles. The minimum Gasteiger partial charge on any atom is -0.477 e. The summed E-state index contributed by atoms with van der Waals surface area (Å²) in [4.78, 5) is 16.1. The van der Waals surface area contributed by atoms with Gasteiger partial charge in [0.05, 0.1) is 0 Å². The van der Waals surface area contributed by atoms with Crippen molar-refractivity contribution in [3.63, 3.8) is 0 Å². The first-order chi connectivity index (χ1) is 14.4. The van der Waals surface area contributed by atoms with Crippen LogP contribution in [0.15, 0.2) is 58.7 Å². The molecular weight excluding hydrogens is 443 g/mol. The minimum absolute atomic E-state index is 0.126. The Balaban J connectivity index is 1.75. The monoisotopic (exact) mass is 458 g/mol. The van der Waals surface area contributed by atoms with Gasteiger partial charge < -0.3 is 9.67 Å². The second kappa shape index (κ2) is 8.55. The molecule has 0 amide bonds. The number of benzene rings is 2. The number of carbonyl (C=O) groups is 1. The number of para-hydroxylation sites is 1. The van der Waals surface area contributed by atoms with E-state index in [1.165, 1.54) is 0 Å². The molecule has 0 aliphatic rings. The van der Waals surface area contributed by atoms with E-state index in [4.69, 9.17) is 23.2 Å². The van der Waals surface area contributed by atoms with Crippen LogP contribution >= 0.6 is 35.0 Å². The van der Waals surface area contributed by atoms with Gasteiger partial charge in [0, 0.05) is 39.3 Å². The quantitative estimate of drug-likeness (QED) is 0.288. The average molecular weight is 459 g/mol. The van der Waals surface area contributed by atoms with Crippen LogP contribution in [0.5, 0.6) is 0 Å². The van der Waals surface area contributed by atoms with Gasteiger partial charge in [-0.1, -0.05) is 47.5 Å². The molecule has 4 rings (SSSR count). The summed E-state index contributed by atoms with van der Waals surface area (Å²) < 4.78 is 2.04. The Morgan fingerprint density at radius 2 is 2.07 bits per heavy atom. The summed E-state index contributed by atoms with van der Waals surface area (Å²) >= 11 is 13.4. The highest BCUT2D eigenvalue weighted by atomic mass is 35.5. The highest BCUT2D eigenvalue weighted by Gasteiger charge is 2.16. The molecule has 2 aromatic heterocycles. The van der Waals surface area contributed by atoms with E-state index in [0.29, 0.717) is 27.6 Å². The molecule has 9 heteroatoms. The molecule has 0 aliphatic heterocycles. The van der Waals surface area contributed by atoms with Crippen molar-refractivity contribution >= 4 is 57.9 Å². The molecule has 0 aliphatic carbocycles. The molecule has 4 aromatic rings. The van der Waals surface area contributed by atoms with Gasteiger partial charge in [-0.15, -0.1) is 5.10 Å². The van der Waals surface area contributed by atoms with Gasteiger partial charge >= 0.3 is 5.97 Å². The third-order valence-electron chi connectivity index (χ3n) is 4.45. The van der Waals surface area contributed by atoms with E-state index >= 15 is 0 Å². The molecule has 0 atom stereocenters. The van der Waals surface area contributed by atoms with E-state index in [9.17, 15) is 9.90 Å². The van der Waals surface area contributed by atoms with Crippen LogP contribution in [0.2, 0.25) is 10.0 Å². The van der Waals surface area contributed by atoms with Crippen LogP contribution in [0.4, 0.5) is 0 Å². The van der Waals surface area contributed by atoms with E-state index < -0.39 is 5.97 Å². The summed E-state index contributed by atoms with van der Waals surface area (Å²) in [6.07, 6.45) is 3.56. The van der Waals surface area contributed by atoms with Crippen molar-refractivity contribution in [2.24, 2.45) is 0 Å². The number of aryl methyl sites for hydroxylation is 1. The molecule has 30 heavy (non-hydrogen) atoms. The molecule has 0 bridgehead atoms. The first-order valence-electron chi connectivity index (χ1n) is 8.94. The second-order valence-electron chi connectivity index (χ2n) is 6.58. The van der Waals surface area contributed by atoms with Gasteiger partial charge in [-0.3, -0.25) is 5.10 Å². The molecular formula is C21H16Cl2N4O2S. The lowest BCUT2D eigenvalue weighted by Gasteiger charge is -2.08.